The number of hydrogen-bond donors (Lipinski definition) is 0. The maximum absolute atomic E-state index is 13.8. The molecule has 9 nitrogen and oxygen atoms in total. The number of imide groups is 1. The van der Waals surface area contributed by atoms with Crippen molar-refractivity contribution in [2.45, 2.75) is 25.6 Å². The van der Waals surface area contributed by atoms with Crippen LogP contribution >= 0.6 is 0 Å². The van der Waals surface area contributed by atoms with Crippen LogP contribution in [0.1, 0.15) is 18.1 Å². The van der Waals surface area contributed by atoms with E-state index in [1.807, 2.05) is 29.3 Å². The van der Waals surface area contributed by atoms with Gasteiger partial charge in [-0.1, -0.05) is 49.4 Å². The summed E-state index contributed by atoms with van der Waals surface area (Å²) in [6.45, 7) is 6.11. The van der Waals surface area contributed by atoms with E-state index in [-0.39, 0.29) is 11.9 Å². The van der Waals surface area contributed by atoms with Gasteiger partial charge in [0.25, 0.3) is 5.91 Å². The van der Waals surface area contributed by atoms with Crippen molar-refractivity contribution in [2.75, 3.05) is 51.3 Å². The SMILES string of the molecule is CCc1ccc(N2C(c3ccccc3)=CN3C2=NC2C3C(=O)N(CCN3CCOCC3)C(=O)N2C)cc1. The zero-order chi connectivity index (χ0) is 25.5. The van der Waals surface area contributed by atoms with E-state index < -0.39 is 12.2 Å². The molecular formula is C28H32N6O3. The van der Waals surface area contributed by atoms with Gasteiger partial charge in [-0.05, 0) is 24.1 Å². The molecule has 3 amide bonds. The molecule has 4 aliphatic rings. The number of hydrogen-bond acceptors (Lipinski definition) is 7. The van der Waals surface area contributed by atoms with Crippen LogP contribution in [0.3, 0.4) is 0 Å². The van der Waals surface area contributed by atoms with Crippen molar-refractivity contribution in [1.29, 1.82) is 0 Å². The number of anilines is 1. The Morgan fingerprint density at radius 3 is 2.41 bits per heavy atom. The lowest BCUT2D eigenvalue weighted by atomic mass is 10.1. The first-order valence-corrected chi connectivity index (χ1v) is 13.0. The Morgan fingerprint density at radius 2 is 1.70 bits per heavy atom. The minimum Gasteiger partial charge on any atom is -0.379 e. The summed E-state index contributed by atoms with van der Waals surface area (Å²) in [4.78, 5) is 41.3. The molecule has 2 aromatic carbocycles. The second-order valence-corrected chi connectivity index (χ2v) is 9.77. The number of carbonyl (C=O) groups excluding carboxylic acids is 2. The van der Waals surface area contributed by atoms with Gasteiger partial charge in [-0.15, -0.1) is 0 Å². The largest absolute Gasteiger partial charge is 0.379 e. The highest BCUT2D eigenvalue weighted by molar-refractivity contribution is 6.16. The zero-order valence-electron chi connectivity index (χ0n) is 21.3. The van der Waals surface area contributed by atoms with Gasteiger partial charge in [0.1, 0.15) is 0 Å². The summed E-state index contributed by atoms with van der Waals surface area (Å²) >= 11 is 0. The second kappa shape index (κ2) is 9.64. The summed E-state index contributed by atoms with van der Waals surface area (Å²) in [5.74, 6) is 0.466. The van der Waals surface area contributed by atoms with Crippen molar-refractivity contribution in [1.82, 2.24) is 19.6 Å². The molecule has 9 heteroatoms. The van der Waals surface area contributed by atoms with Crippen molar-refractivity contribution in [3.8, 4) is 0 Å². The smallest absolute Gasteiger partial charge is 0.328 e. The summed E-state index contributed by atoms with van der Waals surface area (Å²) in [6.07, 6.45) is 2.40. The van der Waals surface area contributed by atoms with Gasteiger partial charge in [-0.3, -0.25) is 24.4 Å². The highest BCUT2D eigenvalue weighted by Crippen LogP contribution is 2.40. The van der Waals surface area contributed by atoms with Gasteiger partial charge in [0.2, 0.25) is 5.96 Å². The predicted molar refractivity (Wildman–Crippen MR) is 142 cm³/mol. The summed E-state index contributed by atoms with van der Waals surface area (Å²) in [7, 11) is 1.74. The van der Waals surface area contributed by atoms with Crippen molar-refractivity contribution < 1.29 is 14.3 Å². The molecule has 0 aliphatic carbocycles. The maximum Gasteiger partial charge on any atom is 0.328 e. The topological polar surface area (TPSA) is 71.9 Å². The van der Waals surface area contributed by atoms with Crippen molar-refractivity contribution in [2.24, 2.45) is 4.99 Å². The van der Waals surface area contributed by atoms with E-state index in [4.69, 9.17) is 9.73 Å². The van der Waals surface area contributed by atoms with E-state index in [2.05, 4.69) is 53.1 Å². The first-order chi connectivity index (χ1) is 18.1. The number of aryl methyl sites for hydroxylation is 1. The number of amides is 3. The molecule has 0 bridgehead atoms. The van der Waals surface area contributed by atoms with E-state index in [0.717, 1.165) is 36.5 Å². The number of aliphatic imine (C=N–C) groups is 1. The van der Waals surface area contributed by atoms with Gasteiger partial charge in [-0.2, -0.15) is 0 Å². The van der Waals surface area contributed by atoms with E-state index in [1.165, 1.54) is 10.5 Å². The molecule has 4 heterocycles. The molecule has 0 aromatic heterocycles. The number of morpholine rings is 1. The Labute approximate surface area is 217 Å². The van der Waals surface area contributed by atoms with Crippen molar-refractivity contribution >= 4 is 29.3 Å². The minimum atomic E-state index is -0.596. The van der Waals surface area contributed by atoms with Gasteiger partial charge >= 0.3 is 6.03 Å². The summed E-state index contributed by atoms with van der Waals surface area (Å²) in [5, 5.41) is 0. The number of guanidine groups is 1. The van der Waals surface area contributed by atoms with Crippen LogP contribution in [0, 0.1) is 0 Å². The molecule has 37 heavy (non-hydrogen) atoms. The third-order valence-electron chi connectivity index (χ3n) is 7.63. The molecule has 2 saturated heterocycles. The van der Waals surface area contributed by atoms with Crippen LogP contribution in [0.5, 0.6) is 0 Å². The minimum absolute atomic E-state index is 0.202. The predicted octanol–water partition coefficient (Wildman–Crippen LogP) is 2.66. The van der Waals surface area contributed by atoms with Crippen LogP contribution in [-0.4, -0.2) is 96.1 Å². The molecule has 0 radical (unpaired) electrons. The third kappa shape index (κ3) is 4.08. The van der Waals surface area contributed by atoms with Crippen LogP contribution in [0.2, 0.25) is 0 Å². The van der Waals surface area contributed by atoms with Crippen LogP contribution in [-0.2, 0) is 16.0 Å². The number of likely N-dealkylation sites (N-methyl/N-ethyl adjacent to an activating group) is 1. The fourth-order valence-electron chi connectivity index (χ4n) is 5.45. The molecule has 2 atom stereocenters. The number of rotatable bonds is 6. The molecule has 0 spiro atoms. The number of nitrogens with zero attached hydrogens (tertiary/aromatic N) is 6. The molecule has 6 rings (SSSR count). The van der Waals surface area contributed by atoms with Gasteiger partial charge in [0.15, 0.2) is 12.2 Å². The fraction of sp³-hybridized carbons (Fsp3) is 0.393. The quantitative estimate of drug-likeness (QED) is 0.608. The first kappa shape index (κ1) is 23.7. The number of benzene rings is 2. The Hall–Kier alpha value is -3.69. The summed E-state index contributed by atoms with van der Waals surface area (Å²) in [6, 6.07) is 17.7. The Kier molecular flexibility index (Phi) is 6.18. The van der Waals surface area contributed by atoms with Crippen LogP contribution in [0.25, 0.3) is 5.70 Å². The van der Waals surface area contributed by atoms with Gasteiger partial charge < -0.3 is 9.64 Å². The Morgan fingerprint density at radius 1 is 0.973 bits per heavy atom. The number of fused-ring (bicyclic) bond motifs is 3. The van der Waals surface area contributed by atoms with Crippen molar-refractivity contribution in [3.63, 3.8) is 0 Å². The van der Waals surface area contributed by atoms with Crippen LogP contribution in [0.15, 0.2) is 65.8 Å². The fourth-order valence-corrected chi connectivity index (χ4v) is 5.45. The number of urea groups is 1. The molecule has 0 saturated carbocycles. The molecule has 4 aliphatic heterocycles. The monoisotopic (exact) mass is 500 g/mol. The Balaban J connectivity index is 1.33. The Bertz CT molecular complexity index is 1240. The summed E-state index contributed by atoms with van der Waals surface area (Å²) < 4.78 is 5.43. The normalized spacial score (nSPS) is 23.8. The molecule has 2 fully saturated rings. The van der Waals surface area contributed by atoms with E-state index in [9.17, 15) is 9.59 Å². The lowest BCUT2D eigenvalue weighted by molar-refractivity contribution is -0.136. The lowest BCUT2D eigenvalue weighted by Crippen LogP contribution is -2.65. The highest BCUT2D eigenvalue weighted by Gasteiger charge is 2.54. The van der Waals surface area contributed by atoms with E-state index in [0.29, 0.717) is 32.3 Å². The first-order valence-electron chi connectivity index (χ1n) is 13.0. The maximum atomic E-state index is 13.8. The third-order valence-corrected chi connectivity index (χ3v) is 7.63. The van der Waals surface area contributed by atoms with E-state index >= 15 is 0 Å². The van der Waals surface area contributed by atoms with Gasteiger partial charge in [0.05, 0.1) is 18.9 Å². The molecule has 2 unspecified atom stereocenters. The summed E-state index contributed by atoms with van der Waals surface area (Å²) in [5.41, 5.74) is 4.21. The van der Waals surface area contributed by atoms with Gasteiger partial charge in [0, 0.05) is 50.7 Å². The molecule has 2 aromatic rings. The molecule has 192 valence electrons. The van der Waals surface area contributed by atoms with Crippen LogP contribution in [0.4, 0.5) is 10.5 Å². The number of carbonyl (C=O) groups is 2. The van der Waals surface area contributed by atoms with E-state index in [1.54, 1.807) is 11.9 Å². The average molecular weight is 501 g/mol. The average Bonchev–Trinajstić information content (AvgIpc) is 3.50. The van der Waals surface area contributed by atoms with Crippen molar-refractivity contribution in [3.05, 3.63) is 71.9 Å². The van der Waals surface area contributed by atoms with Crippen LogP contribution < -0.4 is 4.90 Å². The molecular weight excluding hydrogens is 468 g/mol. The second-order valence-electron chi connectivity index (χ2n) is 9.77. The standard InChI is InChI=1S/C28H32N6O3/c1-3-20-9-11-22(12-10-20)34-23(21-7-5-4-6-8-21)19-33-24-25(29-27(33)34)30(2)28(36)32(26(24)35)14-13-31-15-17-37-18-16-31/h4-12,19,24-25H,3,13-18H2,1-2H3. The number of ether oxygens (including phenoxy) is 1. The lowest BCUT2D eigenvalue weighted by Gasteiger charge is -2.40. The highest BCUT2D eigenvalue weighted by atomic mass is 16.5. The zero-order valence-corrected chi connectivity index (χ0v) is 21.3. The molecule has 0 N–H and O–H groups in total. The van der Waals surface area contributed by atoms with Gasteiger partial charge in [-0.25, -0.2) is 9.79 Å².